The van der Waals surface area contributed by atoms with Crippen LogP contribution in [0.25, 0.3) is 0 Å². The van der Waals surface area contributed by atoms with Crippen LogP contribution in [0, 0.1) is 35.5 Å². The van der Waals surface area contributed by atoms with E-state index >= 15 is 0 Å². The molecule has 0 unspecified atom stereocenters. The lowest BCUT2D eigenvalue weighted by molar-refractivity contribution is -0.360. The highest BCUT2D eigenvalue weighted by Gasteiger charge is 2.62. The highest BCUT2D eigenvalue weighted by Crippen LogP contribution is 2.44. The van der Waals surface area contributed by atoms with Gasteiger partial charge in [0.1, 0.15) is 11.5 Å². The molecular weight excluding hydrogens is 883 g/mol. The van der Waals surface area contributed by atoms with Crippen LogP contribution < -0.4 is 9.47 Å². The smallest absolute Gasteiger partial charge is 0.426 e. The van der Waals surface area contributed by atoms with Crippen molar-refractivity contribution in [2.45, 2.75) is 236 Å². The molecule has 4 aliphatic carbocycles. The van der Waals surface area contributed by atoms with E-state index in [-0.39, 0.29) is 0 Å². The second-order valence-corrected chi connectivity index (χ2v) is 21.1. The van der Waals surface area contributed by atoms with Crippen LogP contribution >= 0.6 is 0 Å². The second kappa shape index (κ2) is 26.5. The first-order valence-corrected chi connectivity index (χ1v) is 26.3. The lowest BCUT2D eigenvalue weighted by atomic mass is 9.74. The van der Waals surface area contributed by atoms with E-state index in [1.54, 1.807) is 24.3 Å². The van der Waals surface area contributed by atoms with Gasteiger partial charge in [-0.1, -0.05) is 173 Å². The van der Waals surface area contributed by atoms with Crippen molar-refractivity contribution >= 4 is 0 Å². The van der Waals surface area contributed by atoms with Crippen LogP contribution in [0.2, 0.25) is 0 Å². The van der Waals surface area contributed by atoms with Crippen molar-refractivity contribution in [2.24, 2.45) is 35.5 Å². The van der Waals surface area contributed by atoms with E-state index in [9.17, 15) is 43.9 Å². The fourth-order valence-corrected chi connectivity index (χ4v) is 11.7. The molecule has 0 spiro atoms. The Hall–Kier alpha value is -2.66. The molecule has 0 amide bonds. The van der Waals surface area contributed by atoms with Gasteiger partial charge in [-0.3, -0.25) is 0 Å². The lowest BCUT2D eigenvalue weighted by Gasteiger charge is -2.32. The van der Waals surface area contributed by atoms with Crippen molar-refractivity contribution in [3.63, 3.8) is 0 Å². The van der Waals surface area contributed by atoms with Gasteiger partial charge < -0.3 is 9.47 Å². The van der Waals surface area contributed by atoms with Crippen LogP contribution in [-0.2, 0) is 0 Å². The molecule has 0 atom stereocenters. The fraction of sp³-hybridized carbons (Fsp3) is 0.782. The average Bonchev–Trinajstić information content (AvgIpc) is 3.30. The number of benzene rings is 2. The molecule has 12 heteroatoms. The van der Waals surface area contributed by atoms with E-state index in [4.69, 9.17) is 0 Å². The Morgan fingerprint density at radius 3 is 0.881 bits per heavy atom. The first-order valence-electron chi connectivity index (χ1n) is 26.3. The van der Waals surface area contributed by atoms with Crippen molar-refractivity contribution in [1.29, 1.82) is 0 Å². The number of halogens is 10. The molecule has 0 aliphatic heterocycles. The Balaban J connectivity index is 0.000000251. The van der Waals surface area contributed by atoms with Gasteiger partial charge in [0.2, 0.25) is 0 Å². The molecule has 2 aromatic carbocycles. The summed E-state index contributed by atoms with van der Waals surface area (Å²) in [6.07, 6.45) is 16.0. The summed E-state index contributed by atoms with van der Waals surface area (Å²) in [6, 6.07) is 11.4. The lowest BCUT2D eigenvalue weighted by Crippen LogP contribution is -2.41. The van der Waals surface area contributed by atoms with Crippen LogP contribution in [-0.4, -0.2) is 24.6 Å². The van der Waals surface area contributed by atoms with Gasteiger partial charge in [0.05, 0.1) is 0 Å². The van der Waals surface area contributed by atoms with Crippen LogP contribution in [0.3, 0.4) is 0 Å². The molecule has 0 N–H and O–H groups in total. The summed E-state index contributed by atoms with van der Waals surface area (Å²) in [5.41, 5.74) is 2.00. The second-order valence-electron chi connectivity index (χ2n) is 21.1. The Labute approximate surface area is 395 Å². The third kappa shape index (κ3) is 18.2. The number of hydrogen-bond donors (Lipinski definition) is 0. The van der Waals surface area contributed by atoms with E-state index in [0.717, 1.165) is 72.3 Å². The molecule has 67 heavy (non-hydrogen) atoms. The van der Waals surface area contributed by atoms with Crippen LogP contribution in [0.15, 0.2) is 48.5 Å². The first-order chi connectivity index (χ1) is 31.9. The first kappa shape index (κ1) is 55.3. The van der Waals surface area contributed by atoms with Gasteiger partial charge in [-0.15, -0.1) is 0 Å². The summed E-state index contributed by atoms with van der Waals surface area (Å²) >= 11 is 0. The van der Waals surface area contributed by atoms with Gasteiger partial charge in [0.15, 0.2) is 0 Å². The monoisotopic (exact) mass is 963 g/mol. The maximum Gasteiger partial charge on any atom is 0.499 e. The van der Waals surface area contributed by atoms with Gasteiger partial charge in [-0.25, -0.2) is 0 Å². The predicted octanol–water partition coefficient (Wildman–Crippen LogP) is 19.7. The van der Waals surface area contributed by atoms with E-state index in [1.165, 1.54) is 185 Å². The van der Waals surface area contributed by atoms with Gasteiger partial charge in [0.25, 0.3) is 0 Å². The fourth-order valence-electron chi connectivity index (χ4n) is 11.7. The number of hydrogen-bond acceptors (Lipinski definition) is 2. The van der Waals surface area contributed by atoms with E-state index in [1.807, 2.05) is 0 Å². The number of unbranched alkanes of at least 4 members (excludes halogenated alkanes) is 5. The highest BCUT2D eigenvalue weighted by atomic mass is 19.4. The van der Waals surface area contributed by atoms with Gasteiger partial charge in [0, 0.05) is 0 Å². The van der Waals surface area contributed by atoms with Crippen molar-refractivity contribution in [1.82, 2.24) is 0 Å². The normalized spacial score (nSPS) is 26.6. The van der Waals surface area contributed by atoms with Crippen molar-refractivity contribution < 1.29 is 53.4 Å². The Kier molecular flexibility index (Phi) is 21.9. The Morgan fingerprint density at radius 2 is 0.597 bits per heavy atom. The standard InChI is InChI=1S/C28H41F5O.C27H39F5O/c1-2-3-4-5-6-21-7-9-22(10-8-21)11-12-23-13-15-24(16-14-23)25-17-19-26(20-18-25)34-28(32,33)27(29,30)31;1-2-3-4-5-20-6-8-21(9-7-20)10-11-22-12-14-23(15-13-22)24-16-18-25(19-17-24)33-27(31,32)26(28,29)30/h17-24H,2-16H2,1H3;16-23H,2-15H2,1H3/t21-,22-,23-,24-;20-,21-,22-,23-. The largest absolute Gasteiger partial charge is 0.499 e. The molecule has 4 aliphatic rings. The molecule has 0 saturated heterocycles. The Bertz CT molecular complexity index is 1630. The maximum atomic E-state index is 13.1. The topological polar surface area (TPSA) is 18.5 Å². The predicted molar refractivity (Wildman–Crippen MR) is 248 cm³/mol. The molecule has 6 rings (SSSR count). The zero-order valence-electron chi connectivity index (χ0n) is 40.3. The third-order valence-electron chi connectivity index (χ3n) is 16.1. The minimum atomic E-state index is -5.72. The van der Waals surface area contributed by atoms with Crippen molar-refractivity contribution in [2.75, 3.05) is 0 Å². The molecule has 0 aromatic heterocycles. The zero-order valence-corrected chi connectivity index (χ0v) is 40.3. The summed E-state index contributed by atoms with van der Waals surface area (Å²) in [5.74, 6) is 4.99. The molecule has 382 valence electrons. The third-order valence-corrected chi connectivity index (χ3v) is 16.1. The summed E-state index contributed by atoms with van der Waals surface area (Å²) in [4.78, 5) is 0. The summed E-state index contributed by atoms with van der Waals surface area (Å²) in [6.45, 7) is 4.53. The van der Waals surface area contributed by atoms with E-state index in [0.29, 0.717) is 11.8 Å². The molecule has 0 radical (unpaired) electrons. The zero-order chi connectivity index (χ0) is 48.5. The summed E-state index contributed by atoms with van der Waals surface area (Å²) < 4.78 is 134. The minimum Gasteiger partial charge on any atom is -0.426 e. The average molecular weight is 963 g/mol. The van der Waals surface area contributed by atoms with E-state index in [2.05, 4.69) is 23.3 Å². The van der Waals surface area contributed by atoms with Gasteiger partial charge >= 0.3 is 24.6 Å². The molecular formula is C55H80F10O2. The summed E-state index contributed by atoms with van der Waals surface area (Å²) in [7, 11) is 0. The molecule has 4 saturated carbocycles. The van der Waals surface area contributed by atoms with Gasteiger partial charge in [-0.05, 0) is 134 Å². The van der Waals surface area contributed by atoms with Crippen LogP contribution in [0.5, 0.6) is 11.5 Å². The van der Waals surface area contributed by atoms with Crippen molar-refractivity contribution in [3.05, 3.63) is 59.7 Å². The maximum absolute atomic E-state index is 13.1. The van der Waals surface area contributed by atoms with Crippen molar-refractivity contribution in [3.8, 4) is 11.5 Å². The number of rotatable bonds is 21. The molecule has 2 nitrogen and oxygen atoms in total. The van der Waals surface area contributed by atoms with Crippen LogP contribution in [0.1, 0.15) is 223 Å². The van der Waals surface area contributed by atoms with Gasteiger partial charge in [-0.2, -0.15) is 43.9 Å². The summed E-state index contributed by atoms with van der Waals surface area (Å²) in [5, 5.41) is 0. The van der Waals surface area contributed by atoms with Crippen LogP contribution in [0.4, 0.5) is 43.9 Å². The Morgan fingerprint density at radius 1 is 0.343 bits per heavy atom. The SMILES string of the molecule is CCCCCC[C@H]1CC[C@H](CC[C@H]2CC[C@H](c3ccc(OC(F)(F)C(F)(F)F)cc3)CC2)CC1.CCCCC[C@H]1CC[C@H](CC[C@H]2CC[C@H](c3ccc(OC(F)(F)C(F)(F)F)cc3)CC2)CC1. The molecule has 2 aromatic rings. The minimum absolute atomic E-state index is 0.344. The quantitative estimate of drug-likeness (QED) is 0.0917. The molecule has 4 fully saturated rings. The number of alkyl halides is 10. The molecule has 0 heterocycles. The highest BCUT2D eigenvalue weighted by molar-refractivity contribution is 5.31. The molecule has 0 bridgehead atoms. The van der Waals surface area contributed by atoms with E-state index < -0.39 is 36.1 Å². The number of ether oxygens (including phenoxy) is 2.